The molecule has 1 aliphatic heterocycles. The van der Waals surface area contributed by atoms with Crippen molar-refractivity contribution >= 4 is 11.7 Å². The number of nitrogens with zero attached hydrogens (tertiary/aromatic N) is 1. The Labute approximate surface area is 113 Å². The standard InChI is InChI=1S/C15H19NO3/c1-15(2)9-12(17)10-16(15)14(18)8-11-5-4-6-13(7-11)19-3/h4-7H,8-10H2,1-3H3. The Bertz CT molecular complexity index is 508. The van der Waals surface area contributed by atoms with Gasteiger partial charge in [-0.15, -0.1) is 0 Å². The molecule has 0 radical (unpaired) electrons. The maximum Gasteiger partial charge on any atom is 0.227 e. The van der Waals surface area contributed by atoms with Crippen LogP contribution in [-0.4, -0.2) is 35.8 Å². The first-order chi connectivity index (χ1) is 8.92. The molecule has 4 heteroatoms. The van der Waals surface area contributed by atoms with Gasteiger partial charge in [0.2, 0.25) is 5.91 Å². The number of rotatable bonds is 3. The molecule has 0 atom stereocenters. The number of amides is 1. The fourth-order valence-corrected chi connectivity index (χ4v) is 2.50. The van der Waals surface area contributed by atoms with Crippen LogP contribution in [0.5, 0.6) is 5.75 Å². The normalized spacial score (nSPS) is 17.6. The van der Waals surface area contributed by atoms with Crippen molar-refractivity contribution in [2.24, 2.45) is 0 Å². The largest absolute Gasteiger partial charge is 0.497 e. The maximum atomic E-state index is 12.3. The molecule has 1 amide bonds. The first-order valence-corrected chi connectivity index (χ1v) is 6.37. The second-order valence-corrected chi connectivity index (χ2v) is 5.54. The number of benzene rings is 1. The second kappa shape index (κ2) is 5.03. The lowest BCUT2D eigenvalue weighted by atomic mass is 10.0. The summed E-state index contributed by atoms with van der Waals surface area (Å²) in [7, 11) is 1.60. The predicted molar refractivity (Wildman–Crippen MR) is 72.1 cm³/mol. The van der Waals surface area contributed by atoms with Crippen LogP contribution in [0.15, 0.2) is 24.3 Å². The van der Waals surface area contributed by atoms with Crippen LogP contribution < -0.4 is 4.74 Å². The number of Topliss-reactive ketones (excluding diaryl/α,β-unsaturated/α-hetero) is 1. The van der Waals surface area contributed by atoms with E-state index in [2.05, 4.69) is 0 Å². The molecule has 1 aromatic rings. The van der Waals surface area contributed by atoms with Crippen molar-refractivity contribution in [3.8, 4) is 5.75 Å². The van der Waals surface area contributed by atoms with E-state index in [1.165, 1.54) is 0 Å². The van der Waals surface area contributed by atoms with Crippen molar-refractivity contribution in [2.75, 3.05) is 13.7 Å². The van der Waals surface area contributed by atoms with Gasteiger partial charge in [0, 0.05) is 12.0 Å². The number of carbonyl (C=O) groups excluding carboxylic acids is 2. The second-order valence-electron chi connectivity index (χ2n) is 5.54. The quantitative estimate of drug-likeness (QED) is 0.833. The summed E-state index contributed by atoms with van der Waals surface area (Å²) in [5.41, 5.74) is 0.534. The fourth-order valence-electron chi connectivity index (χ4n) is 2.50. The van der Waals surface area contributed by atoms with Gasteiger partial charge in [0.25, 0.3) is 0 Å². The molecule has 1 saturated heterocycles. The molecule has 0 aromatic heterocycles. The van der Waals surface area contributed by atoms with E-state index in [9.17, 15) is 9.59 Å². The summed E-state index contributed by atoms with van der Waals surface area (Å²) in [5, 5.41) is 0. The summed E-state index contributed by atoms with van der Waals surface area (Å²) in [6, 6.07) is 7.45. The molecule has 2 rings (SSSR count). The molecule has 1 heterocycles. The van der Waals surface area contributed by atoms with Crippen molar-refractivity contribution in [1.82, 2.24) is 4.90 Å². The first kappa shape index (κ1) is 13.6. The van der Waals surface area contributed by atoms with E-state index >= 15 is 0 Å². The molecule has 0 aliphatic carbocycles. The van der Waals surface area contributed by atoms with E-state index in [-0.39, 0.29) is 23.8 Å². The third kappa shape index (κ3) is 2.95. The van der Waals surface area contributed by atoms with Crippen molar-refractivity contribution in [2.45, 2.75) is 32.2 Å². The summed E-state index contributed by atoms with van der Waals surface area (Å²) < 4.78 is 5.14. The van der Waals surface area contributed by atoms with Gasteiger partial charge in [-0.05, 0) is 31.5 Å². The number of carbonyl (C=O) groups is 2. The molecule has 1 fully saturated rings. The highest BCUT2D eigenvalue weighted by atomic mass is 16.5. The van der Waals surface area contributed by atoms with E-state index in [4.69, 9.17) is 4.74 Å². The van der Waals surface area contributed by atoms with E-state index in [1.807, 2.05) is 38.1 Å². The Morgan fingerprint density at radius 3 is 2.74 bits per heavy atom. The van der Waals surface area contributed by atoms with Crippen LogP contribution in [-0.2, 0) is 16.0 Å². The Hall–Kier alpha value is -1.84. The number of hydrogen-bond donors (Lipinski definition) is 0. The molecule has 0 spiro atoms. The highest BCUT2D eigenvalue weighted by Crippen LogP contribution is 2.27. The van der Waals surface area contributed by atoms with Crippen LogP contribution in [0.3, 0.4) is 0 Å². The average molecular weight is 261 g/mol. The molecule has 4 nitrogen and oxygen atoms in total. The van der Waals surface area contributed by atoms with Gasteiger partial charge >= 0.3 is 0 Å². The minimum Gasteiger partial charge on any atom is -0.497 e. The zero-order valence-electron chi connectivity index (χ0n) is 11.6. The molecule has 0 N–H and O–H groups in total. The molecule has 19 heavy (non-hydrogen) atoms. The summed E-state index contributed by atoms with van der Waals surface area (Å²) in [6.07, 6.45) is 0.741. The highest BCUT2D eigenvalue weighted by Gasteiger charge is 2.39. The first-order valence-electron chi connectivity index (χ1n) is 6.37. The van der Waals surface area contributed by atoms with Gasteiger partial charge in [-0.1, -0.05) is 12.1 Å². The van der Waals surface area contributed by atoms with Crippen molar-refractivity contribution in [3.05, 3.63) is 29.8 Å². The van der Waals surface area contributed by atoms with Gasteiger partial charge in [0.1, 0.15) is 5.75 Å². The lowest BCUT2D eigenvalue weighted by Crippen LogP contribution is -2.43. The SMILES string of the molecule is COc1cccc(CC(=O)N2CC(=O)CC2(C)C)c1. The number of ketones is 1. The van der Waals surface area contributed by atoms with Crippen molar-refractivity contribution in [1.29, 1.82) is 0 Å². The minimum atomic E-state index is -0.368. The van der Waals surface area contributed by atoms with Gasteiger partial charge in [-0.25, -0.2) is 0 Å². The highest BCUT2D eigenvalue weighted by molar-refractivity contribution is 5.91. The maximum absolute atomic E-state index is 12.3. The minimum absolute atomic E-state index is 0.0101. The third-order valence-corrected chi connectivity index (χ3v) is 3.49. The molecule has 0 saturated carbocycles. The average Bonchev–Trinajstić information content (AvgIpc) is 2.62. The van der Waals surface area contributed by atoms with Crippen molar-refractivity contribution in [3.63, 3.8) is 0 Å². The van der Waals surface area contributed by atoms with Crippen LogP contribution in [0, 0.1) is 0 Å². The molecule has 0 bridgehead atoms. The molecular formula is C15H19NO3. The van der Waals surface area contributed by atoms with Gasteiger partial charge in [0.05, 0.1) is 20.1 Å². The van der Waals surface area contributed by atoms with Crippen LogP contribution in [0.2, 0.25) is 0 Å². The summed E-state index contributed by atoms with van der Waals surface area (Å²) in [5.74, 6) is 0.857. The van der Waals surface area contributed by atoms with Gasteiger partial charge in [0.15, 0.2) is 5.78 Å². The summed E-state index contributed by atoms with van der Waals surface area (Å²) in [6.45, 7) is 4.10. The van der Waals surface area contributed by atoms with Crippen molar-refractivity contribution < 1.29 is 14.3 Å². The summed E-state index contributed by atoms with van der Waals surface area (Å²) in [4.78, 5) is 25.5. The molecule has 1 aromatic carbocycles. The Morgan fingerprint density at radius 1 is 1.42 bits per heavy atom. The van der Waals surface area contributed by atoms with E-state index < -0.39 is 0 Å². The smallest absolute Gasteiger partial charge is 0.227 e. The monoisotopic (exact) mass is 261 g/mol. The zero-order chi connectivity index (χ0) is 14.0. The van der Waals surface area contributed by atoms with Crippen LogP contribution >= 0.6 is 0 Å². The Balaban J connectivity index is 2.10. The van der Waals surface area contributed by atoms with E-state index in [1.54, 1.807) is 12.0 Å². The van der Waals surface area contributed by atoms with Crippen LogP contribution in [0.4, 0.5) is 0 Å². The van der Waals surface area contributed by atoms with E-state index in [0.717, 1.165) is 11.3 Å². The summed E-state index contributed by atoms with van der Waals surface area (Å²) >= 11 is 0. The van der Waals surface area contributed by atoms with Gasteiger partial charge < -0.3 is 9.64 Å². The van der Waals surface area contributed by atoms with Gasteiger partial charge in [-0.2, -0.15) is 0 Å². The lowest BCUT2D eigenvalue weighted by molar-refractivity contribution is -0.134. The zero-order valence-corrected chi connectivity index (χ0v) is 11.6. The third-order valence-electron chi connectivity index (χ3n) is 3.49. The van der Waals surface area contributed by atoms with Crippen LogP contribution in [0.1, 0.15) is 25.8 Å². The number of methoxy groups -OCH3 is 1. The number of ether oxygens (including phenoxy) is 1. The molecular weight excluding hydrogens is 242 g/mol. The predicted octanol–water partition coefficient (Wildman–Crippen LogP) is 1.82. The van der Waals surface area contributed by atoms with E-state index in [0.29, 0.717) is 12.8 Å². The molecule has 1 aliphatic rings. The topological polar surface area (TPSA) is 46.6 Å². The Kier molecular flexibility index (Phi) is 3.60. The van der Waals surface area contributed by atoms with Gasteiger partial charge in [-0.3, -0.25) is 9.59 Å². The number of hydrogen-bond acceptors (Lipinski definition) is 3. The number of likely N-dealkylation sites (tertiary alicyclic amines) is 1. The molecule has 0 unspecified atom stereocenters. The van der Waals surface area contributed by atoms with Crippen LogP contribution in [0.25, 0.3) is 0 Å². The molecule has 102 valence electrons. The lowest BCUT2D eigenvalue weighted by Gasteiger charge is -2.30. The Morgan fingerprint density at radius 2 is 2.16 bits per heavy atom. The fraction of sp³-hybridized carbons (Fsp3) is 0.467.